The number of nitrogens with zero attached hydrogens (tertiary/aromatic N) is 3. The van der Waals surface area contributed by atoms with Gasteiger partial charge in [0.15, 0.2) is 5.78 Å². The molecule has 0 fully saturated rings. The van der Waals surface area contributed by atoms with Crippen LogP contribution < -0.4 is 0 Å². The summed E-state index contributed by atoms with van der Waals surface area (Å²) in [5.74, 6) is -0.0482. The number of Topliss-reactive ketones (excluding diaryl/α,β-unsaturated/α-hetero) is 1. The average molecular weight is 225 g/mol. The van der Waals surface area contributed by atoms with E-state index in [9.17, 15) is 4.79 Å². The number of carbonyl (C=O) groups excluding carboxylic acids is 1. The minimum Gasteiger partial charge on any atom is -0.293 e. The van der Waals surface area contributed by atoms with Crippen molar-refractivity contribution in [1.82, 2.24) is 9.78 Å². The van der Waals surface area contributed by atoms with Crippen LogP contribution in [0.5, 0.6) is 0 Å². The van der Waals surface area contributed by atoms with Crippen LogP contribution in [0, 0.1) is 18.3 Å². The van der Waals surface area contributed by atoms with Crippen LogP contribution in [0.3, 0.4) is 0 Å². The lowest BCUT2D eigenvalue weighted by molar-refractivity contribution is 0.101. The fourth-order valence-electron chi connectivity index (χ4n) is 1.65. The van der Waals surface area contributed by atoms with E-state index in [1.54, 1.807) is 28.9 Å². The van der Waals surface area contributed by atoms with E-state index in [2.05, 4.69) is 11.2 Å². The van der Waals surface area contributed by atoms with E-state index in [4.69, 9.17) is 5.26 Å². The Labute approximate surface area is 99.1 Å². The van der Waals surface area contributed by atoms with Gasteiger partial charge in [-0.15, -0.1) is 0 Å². The summed E-state index contributed by atoms with van der Waals surface area (Å²) >= 11 is 0. The summed E-state index contributed by atoms with van der Waals surface area (Å²) in [6.07, 6.45) is 0. The summed E-state index contributed by atoms with van der Waals surface area (Å²) < 4.78 is 1.57. The fraction of sp³-hybridized carbons (Fsp3) is 0.154. The van der Waals surface area contributed by atoms with Crippen molar-refractivity contribution in [1.29, 1.82) is 5.26 Å². The lowest BCUT2D eigenvalue weighted by atomic mass is 10.2. The molecule has 2 aromatic rings. The van der Waals surface area contributed by atoms with Crippen molar-refractivity contribution in [3.63, 3.8) is 0 Å². The van der Waals surface area contributed by atoms with Gasteiger partial charge in [-0.05, 0) is 31.2 Å². The zero-order valence-electron chi connectivity index (χ0n) is 9.64. The zero-order chi connectivity index (χ0) is 12.4. The monoisotopic (exact) mass is 225 g/mol. The number of nitriles is 1. The highest BCUT2D eigenvalue weighted by Crippen LogP contribution is 2.14. The van der Waals surface area contributed by atoms with Gasteiger partial charge in [-0.1, -0.05) is 6.07 Å². The number of carbonyl (C=O) groups is 1. The molecule has 1 aromatic carbocycles. The van der Waals surface area contributed by atoms with Gasteiger partial charge in [0.1, 0.15) is 5.69 Å². The molecule has 0 aliphatic heterocycles. The molecule has 4 nitrogen and oxygen atoms in total. The van der Waals surface area contributed by atoms with Gasteiger partial charge in [-0.2, -0.15) is 10.4 Å². The molecule has 0 radical (unpaired) electrons. The van der Waals surface area contributed by atoms with E-state index in [-0.39, 0.29) is 5.78 Å². The number of ketones is 1. The highest BCUT2D eigenvalue weighted by atomic mass is 16.1. The van der Waals surface area contributed by atoms with Gasteiger partial charge in [-0.25, -0.2) is 4.68 Å². The maximum absolute atomic E-state index is 11.5. The summed E-state index contributed by atoms with van der Waals surface area (Å²) in [6.45, 7) is 3.33. The SMILES string of the molecule is CC(=O)c1cc(C)nn1-c1cccc(C#N)c1. The lowest BCUT2D eigenvalue weighted by Gasteiger charge is -2.04. The van der Waals surface area contributed by atoms with E-state index in [0.29, 0.717) is 11.3 Å². The van der Waals surface area contributed by atoms with E-state index >= 15 is 0 Å². The van der Waals surface area contributed by atoms with Crippen LogP contribution >= 0.6 is 0 Å². The molecule has 4 heteroatoms. The van der Waals surface area contributed by atoms with Crippen molar-refractivity contribution in [3.8, 4) is 11.8 Å². The molecule has 1 aromatic heterocycles. The normalized spacial score (nSPS) is 9.94. The van der Waals surface area contributed by atoms with Gasteiger partial charge < -0.3 is 0 Å². The molecule has 0 spiro atoms. The van der Waals surface area contributed by atoms with Gasteiger partial charge in [0, 0.05) is 6.92 Å². The Bertz CT molecular complexity index is 620. The molecule has 0 unspecified atom stereocenters. The number of hydrogen-bond acceptors (Lipinski definition) is 3. The Morgan fingerprint density at radius 2 is 2.18 bits per heavy atom. The first-order chi connectivity index (χ1) is 8.11. The van der Waals surface area contributed by atoms with Gasteiger partial charge in [-0.3, -0.25) is 4.79 Å². The van der Waals surface area contributed by atoms with Crippen molar-refractivity contribution in [2.45, 2.75) is 13.8 Å². The number of aryl methyl sites for hydroxylation is 1. The maximum atomic E-state index is 11.5. The largest absolute Gasteiger partial charge is 0.293 e. The lowest BCUT2D eigenvalue weighted by Crippen LogP contribution is -2.06. The first-order valence-corrected chi connectivity index (χ1v) is 5.20. The molecule has 0 bridgehead atoms. The van der Waals surface area contributed by atoms with E-state index in [1.807, 2.05) is 13.0 Å². The molecule has 84 valence electrons. The Balaban J connectivity index is 2.60. The first-order valence-electron chi connectivity index (χ1n) is 5.20. The van der Waals surface area contributed by atoms with Gasteiger partial charge >= 0.3 is 0 Å². The van der Waals surface area contributed by atoms with Gasteiger partial charge in [0.05, 0.1) is 23.0 Å². The van der Waals surface area contributed by atoms with Crippen LogP contribution in [0.4, 0.5) is 0 Å². The molecular weight excluding hydrogens is 214 g/mol. The molecular formula is C13H11N3O. The third kappa shape index (κ3) is 2.08. The maximum Gasteiger partial charge on any atom is 0.178 e. The Morgan fingerprint density at radius 1 is 1.41 bits per heavy atom. The zero-order valence-corrected chi connectivity index (χ0v) is 9.64. The summed E-state index contributed by atoms with van der Waals surface area (Å²) in [6, 6.07) is 10.8. The molecule has 0 saturated carbocycles. The molecule has 17 heavy (non-hydrogen) atoms. The number of aromatic nitrogens is 2. The summed E-state index contributed by atoms with van der Waals surface area (Å²) in [7, 11) is 0. The van der Waals surface area contributed by atoms with Gasteiger partial charge in [0.2, 0.25) is 0 Å². The molecule has 1 heterocycles. The molecule has 0 amide bonds. The topological polar surface area (TPSA) is 58.7 Å². The predicted octanol–water partition coefficient (Wildman–Crippen LogP) is 2.25. The van der Waals surface area contributed by atoms with Crippen LogP contribution in [-0.4, -0.2) is 15.6 Å². The number of hydrogen-bond donors (Lipinski definition) is 0. The quantitative estimate of drug-likeness (QED) is 0.736. The Morgan fingerprint density at radius 3 is 2.82 bits per heavy atom. The first kappa shape index (κ1) is 11.1. The number of rotatable bonds is 2. The Hall–Kier alpha value is -2.41. The third-order valence-corrected chi connectivity index (χ3v) is 2.41. The third-order valence-electron chi connectivity index (χ3n) is 2.41. The van der Waals surface area contributed by atoms with Crippen molar-refractivity contribution >= 4 is 5.78 Å². The Kier molecular flexibility index (Phi) is 2.75. The average Bonchev–Trinajstić information content (AvgIpc) is 2.72. The van der Waals surface area contributed by atoms with Crippen molar-refractivity contribution < 1.29 is 4.79 Å². The molecule has 0 saturated heterocycles. The summed E-state index contributed by atoms with van der Waals surface area (Å²) in [5, 5.41) is 13.1. The second-order valence-electron chi connectivity index (χ2n) is 3.80. The van der Waals surface area contributed by atoms with Crippen LogP contribution in [0.25, 0.3) is 5.69 Å². The van der Waals surface area contributed by atoms with Crippen molar-refractivity contribution in [2.24, 2.45) is 0 Å². The number of benzene rings is 1. The van der Waals surface area contributed by atoms with E-state index < -0.39 is 0 Å². The van der Waals surface area contributed by atoms with E-state index in [0.717, 1.165) is 11.4 Å². The van der Waals surface area contributed by atoms with Crippen molar-refractivity contribution in [2.75, 3.05) is 0 Å². The van der Waals surface area contributed by atoms with E-state index in [1.165, 1.54) is 6.92 Å². The molecule has 0 N–H and O–H groups in total. The van der Waals surface area contributed by atoms with Crippen LogP contribution in [0.1, 0.15) is 28.7 Å². The second kappa shape index (κ2) is 4.22. The molecule has 0 aliphatic carbocycles. The minimum absolute atomic E-state index is 0.0482. The van der Waals surface area contributed by atoms with Crippen LogP contribution in [-0.2, 0) is 0 Å². The smallest absolute Gasteiger partial charge is 0.178 e. The summed E-state index contributed by atoms with van der Waals surface area (Å²) in [4.78, 5) is 11.5. The fourth-order valence-corrected chi connectivity index (χ4v) is 1.65. The second-order valence-corrected chi connectivity index (χ2v) is 3.80. The predicted molar refractivity (Wildman–Crippen MR) is 63.0 cm³/mol. The van der Waals surface area contributed by atoms with Gasteiger partial charge in [0.25, 0.3) is 0 Å². The van der Waals surface area contributed by atoms with Crippen LogP contribution in [0.15, 0.2) is 30.3 Å². The highest BCUT2D eigenvalue weighted by Gasteiger charge is 2.11. The highest BCUT2D eigenvalue weighted by molar-refractivity contribution is 5.93. The van der Waals surface area contributed by atoms with Crippen molar-refractivity contribution in [3.05, 3.63) is 47.3 Å². The van der Waals surface area contributed by atoms with Crippen LogP contribution in [0.2, 0.25) is 0 Å². The summed E-state index contributed by atoms with van der Waals surface area (Å²) in [5.41, 5.74) is 2.57. The molecule has 2 rings (SSSR count). The molecule has 0 atom stereocenters. The molecule has 0 aliphatic rings. The minimum atomic E-state index is -0.0482. The standard InChI is InChI=1S/C13H11N3O/c1-9-6-13(10(2)17)16(15-9)12-5-3-4-11(7-12)8-14/h3-7H,1-2H3.